The third-order valence-corrected chi connectivity index (χ3v) is 3.91. The number of nitrogens with zero attached hydrogens (tertiary/aromatic N) is 1. The molecule has 0 aromatic rings. The van der Waals surface area contributed by atoms with Crippen LogP contribution in [-0.2, 0) is 4.79 Å². The van der Waals surface area contributed by atoms with Crippen molar-refractivity contribution in [3.63, 3.8) is 0 Å². The maximum atomic E-state index is 12.2. The van der Waals surface area contributed by atoms with Crippen LogP contribution in [0.2, 0.25) is 0 Å². The van der Waals surface area contributed by atoms with E-state index in [-0.39, 0.29) is 5.41 Å². The van der Waals surface area contributed by atoms with E-state index in [0.717, 1.165) is 6.42 Å². The number of carbonyl (C=O) groups excluding carboxylic acids is 1. The van der Waals surface area contributed by atoms with Crippen molar-refractivity contribution >= 4 is 5.91 Å². The molecule has 0 N–H and O–H groups in total. The van der Waals surface area contributed by atoms with E-state index < -0.39 is 0 Å². The van der Waals surface area contributed by atoms with Crippen molar-refractivity contribution in [1.29, 1.82) is 0 Å². The molecule has 1 fully saturated rings. The molecule has 88 valence electrons. The van der Waals surface area contributed by atoms with E-state index in [1.165, 1.54) is 32.1 Å². The molecular formula is C13H25NO. The molecule has 0 atom stereocenters. The Bertz CT molecular complexity index is 217. The Morgan fingerprint density at radius 3 is 2.27 bits per heavy atom. The molecule has 1 rings (SSSR count). The topological polar surface area (TPSA) is 20.3 Å². The van der Waals surface area contributed by atoms with Gasteiger partial charge in [0.15, 0.2) is 0 Å². The molecule has 0 aromatic heterocycles. The van der Waals surface area contributed by atoms with Gasteiger partial charge in [0, 0.05) is 18.5 Å². The smallest absolute Gasteiger partial charge is 0.228 e. The average molecular weight is 211 g/mol. The lowest BCUT2D eigenvalue weighted by Crippen LogP contribution is -2.44. The Labute approximate surface area is 94.0 Å². The fourth-order valence-electron chi connectivity index (χ4n) is 2.26. The first kappa shape index (κ1) is 12.5. The van der Waals surface area contributed by atoms with Crippen molar-refractivity contribution in [1.82, 2.24) is 4.90 Å². The van der Waals surface area contributed by atoms with Crippen LogP contribution in [0.25, 0.3) is 0 Å². The number of amides is 1. The normalized spacial score (nSPS) is 18.9. The van der Waals surface area contributed by atoms with Crippen LogP contribution < -0.4 is 0 Å². The van der Waals surface area contributed by atoms with Crippen LogP contribution in [0.3, 0.4) is 0 Å². The van der Waals surface area contributed by atoms with Crippen molar-refractivity contribution in [3.05, 3.63) is 0 Å². The maximum Gasteiger partial charge on any atom is 0.228 e. The van der Waals surface area contributed by atoms with Crippen LogP contribution in [0.1, 0.15) is 59.3 Å². The molecule has 0 heterocycles. The van der Waals surface area contributed by atoms with Crippen molar-refractivity contribution in [3.8, 4) is 0 Å². The number of carbonyl (C=O) groups is 1. The number of hydrogen-bond acceptors (Lipinski definition) is 1. The van der Waals surface area contributed by atoms with Gasteiger partial charge in [-0.1, -0.05) is 40.0 Å². The summed E-state index contributed by atoms with van der Waals surface area (Å²) in [5.41, 5.74) is -0.188. The number of rotatable bonds is 3. The maximum absolute atomic E-state index is 12.2. The van der Waals surface area contributed by atoms with E-state index in [2.05, 4.69) is 20.8 Å². The second kappa shape index (κ2) is 5.00. The van der Waals surface area contributed by atoms with Gasteiger partial charge in [-0.05, 0) is 19.3 Å². The van der Waals surface area contributed by atoms with Gasteiger partial charge in [-0.25, -0.2) is 0 Å². The highest BCUT2D eigenvalue weighted by atomic mass is 16.2. The summed E-state index contributed by atoms with van der Waals surface area (Å²) in [6.45, 7) is 6.19. The minimum atomic E-state index is -0.188. The highest BCUT2D eigenvalue weighted by Gasteiger charge is 2.32. The lowest BCUT2D eigenvalue weighted by molar-refractivity contribution is -0.141. The zero-order valence-corrected chi connectivity index (χ0v) is 10.7. The van der Waals surface area contributed by atoms with E-state index in [9.17, 15) is 4.79 Å². The van der Waals surface area contributed by atoms with Crippen LogP contribution in [0.15, 0.2) is 0 Å². The van der Waals surface area contributed by atoms with Gasteiger partial charge in [-0.2, -0.15) is 0 Å². The van der Waals surface area contributed by atoms with E-state index >= 15 is 0 Å². The first-order valence-corrected chi connectivity index (χ1v) is 6.26. The largest absolute Gasteiger partial charge is 0.342 e. The summed E-state index contributed by atoms with van der Waals surface area (Å²) in [6.07, 6.45) is 7.23. The zero-order valence-electron chi connectivity index (χ0n) is 10.7. The van der Waals surface area contributed by atoms with Crippen LogP contribution in [0, 0.1) is 5.41 Å². The highest BCUT2D eigenvalue weighted by molar-refractivity contribution is 5.81. The Morgan fingerprint density at radius 1 is 1.27 bits per heavy atom. The van der Waals surface area contributed by atoms with Crippen molar-refractivity contribution in [2.24, 2.45) is 5.41 Å². The third kappa shape index (κ3) is 2.96. The molecule has 15 heavy (non-hydrogen) atoms. The van der Waals surface area contributed by atoms with Crippen LogP contribution in [0.4, 0.5) is 0 Å². The third-order valence-electron chi connectivity index (χ3n) is 3.91. The standard InChI is InChI=1S/C13H25NO/c1-5-13(2,3)12(15)14(4)11-9-7-6-8-10-11/h11H,5-10H2,1-4H3. The molecule has 0 unspecified atom stereocenters. The van der Waals surface area contributed by atoms with E-state index in [1.807, 2.05) is 11.9 Å². The SMILES string of the molecule is CCC(C)(C)C(=O)N(C)C1CCCCC1. The molecule has 0 saturated heterocycles. The van der Waals surface area contributed by atoms with Gasteiger partial charge in [-0.3, -0.25) is 4.79 Å². The molecule has 0 bridgehead atoms. The van der Waals surface area contributed by atoms with Crippen molar-refractivity contribution in [2.75, 3.05) is 7.05 Å². The summed E-state index contributed by atoms with van der Waals surface area (Å²) in [7, 11) is 1.98. The first-order chi connectivity index (χ1) is 6.99. The monoisotopic (exact) mass is 211 g/mol. The van der Waals surface area contributed by atoms with Gasteiger partial charge in [-0.15, -0.1) is 0 Å². The molecule has 1 aliphatic carbocycles. The molecular weight excluding hydrogens is 186 g/mol. The Morgan fingerprint density at radius 2 is 1.80 bits per heavy atom. The predicted molar refractivity (Wildman–Crippen MR) is 63.7 cm³/mol. The Kier molecular flexibility index (Phi) is 4.18. The van der Waals surface area contributed by atoms with Crippen molar-refractivity contribution in [2.45, 2.75) is 65.3 Å². The summed E-state index contributed by atoms with van der Waals surface area (Å²) >= 11 is 0. The lowest BCUT2D eigenvalue weighted by Gasteiger charge is -2.36. The van der Waals surface area contributed by atoms with E-state index in [0.29, 0.717) is 11.9 Å². The summed E-state index contributed by atoms with van der Waals surface area (Å²) in [4.78, 5) is 14.2. The average Bonchev–Trinajstić information content (AvgIpc) is 2.28. The summed E-state index contributed by atoms with van der Waals surface area (Å²) in [5.74, 6) is 0.317. The minimum Gasteiger partial charge on any atom is -0.342 e. The first-order valence-electron chi connectivity index (χ1n) is 6.26. The van der Waals surface area contributed by atoms with E-state index in [4.69, 9.17) is 0 Å². The quantitative estimate of drug-likeness (QED) is 0.702. The lowest BCUT2D eigenvalue weighted by atomic mass is 9.86. The molecule has 1 aliphatic rings. The van der Waals surface area contributed by atoms with Gasteiger partial charge in [0.2, 0.25) is 5.91 Å². The molecule has 2 heteroatoms. The highest BCUT2D eigenvalue weighted by Crippen LogP contribution is 2.27. The van der Waals surface area contributed by atoms with Crippen LogP contribution in [0.5, 0.6) is 0 Å². The molecule has 0 aliphatic heterocycles. The minimum absolute atomic E-state index is 0.188. The second-order valence-electron chi connectivity index (χ2n) is 5.45. The van der Waals surface area contributed by atoms with Gasteiger partial charge < -0.3 is 4.90 Å². The van der Waals surface area contributed by atoms with Crippen LogP contribution >= 0.6 is 0 Å². The molecule has 0 aromatic carbocycles. The Balaban J connectivity index is 2.58. The second-order valence-corrected chi connectivity index (χ2v) is 5.45. The van der Waals surface area contributed by atoms with Gasteiger partial charge in [0.1, 0.15) is 0 Å². The summed E-state index contributed by atoms with van der Waals surface area (Å²) in [6, 6.07) is 0.497. The number of hydrogen-bond donors (Lipinski definition) is 0. The molecule has 1 amide bonds. The fourth-order valence-corrected chi connectivity index (χ4v) is 2.26. The molecule has 1 saturated carbocycles. The van der Waals surface area contributed by atoms with Crippen molar-refractivity contribution < 1.29 is 4.79 Å². The predicted octanol–water partition coefficient (Wildman–Crippen LogP) is 3.21. The van der Waals surface area contributed by atoms with E-state index in [1.54, 1.807) is 0 Å². The van der Waals surface area contributed by atoms with Gasteiger partial charge in [0.05, 0.1) is 0 Å². The summed E-state index contributed by atoms with van der Waals surface area (Å²) in [5, 5.41) is 0. The molecule has 0 radical (unpaired) electrons. The fraction of sp³-hybridized carbons (Fsp3) is 0.923. The summed E-state index contributed by atoms with van der Waals surface area (Å²) < 4.78 is 0. The van der Waals surface area contributed by atoms with Gasteiger partial charge >= 0.3 is 0 Å². The zero-order chi connectivity index (χ0) is 11.5. The Hall–Kier alpha value is -0.530. The molecule has 0 spiro atoms. The molecule has 2 nitrogen and oxygen atoms in total. The van der Waals surface area contributed by atoms with Crippen LogP contribution in [-0.4, -0.2) is 23.9 Å². The van der Waals surface area contributed by atoms with Gasteiger partial charge in [0.25, 0.3) is 0 Å².